The Morgan fingerprint density at radius 1 is 1.07 bits per heavy atom. The van der Waals surface area contributed by atoms with E-state index >= 15 is 0 Å². The van der Waals surface area contributed by atoms with Crippen LogP contribution in [-0.4, -0.2) is 9.97 Å². The first kappa shape index (κ1) is 9.58. The third kappa shape index (κ3) is 2.49. The Labute approximate surface area is 87.0 Å². The highest BCUT2D eigenvalue weighted by atomic mass is 19.1. The number of halogens is 1. The van der Waals surface area contributed by atoms with Crippen LogP contribution in [0.15, 0.2) is 42.7 Å². The molecule has 0 amide bonds. The molecule has 76 valence electrons. The lowest BCUT2D eigenvalue weighted by molar-refractivity contribution is 0.612. The van der Waals surface area contributed by atoms with Crippen LogP contribution in [0.4, 0.5) is 10.3 Å². The van der Waals surface area contributed by atoms with Crippen molar-refractivity contribution in [1.29, 1.82) is 0 Å². The van der Waals surface area contributed by atoms with E-state index in [4.69, 9.17) is 0 Å². The largest absolute Gasteiger partial charge is 0.350 e. The van der Waals surface area contributed by atoms with E-state index in [0.29, 0.717) is 18.1 Å². The highest BCUT2D eigenvalue weighted by molar-refractivity contribution is 5.27. The smallest absolute Gasteiger partial charge is 0.222 e. The van der Waals surface area contributed by atoms with Gasteiger partial charge in [-0.3, -0.25) is 0 Å². The van der Waals surface area contributed by atoms with E-state index in [1.807, 2.05) is 0 Å². The Morgan fingerprint density at radius 2 is 1.80 bits per heavy atom. The van der Waals surface area contributed by atoms with Crippen LogP contribution < -0.4 is 5.32 Å². The van der Waals surface area contributed by atoms with Gasteiger partial charge < -0.3 is 5.32 Å². The fourth-order valence-corrected chi connectivity index (χ4v) is 1.21. The summed E-state index contributed by atoms with van der Waals surface area (Å²) < 4.78 is 13.2. The number of anilines is 1. The normalized spacial score (nSPS) is 9.93. The molecule has 15 heavy (non-hydrogen) atoms. The summed E-state index contributed by atoms with van der Waals surface area (Å²) >= 11 is 0. The lowest BCUT2D eigenvalue weighted by Gasteiger charge is -2.04. The van der Waals surface area contributed by atoms with E-state index in [1.54, 1.807) is 36.7 Å². The van der Waals surface area contributed by atoms with Crippen molar-refractivity contribution in [2.24, 2.45) is 0 Å². The van der Waals surface area contributed by atoms with Crippen LogP contribution in [0.25, 0.3) is 0 Å². The molecule has 0 bridgehead atoms. The molecule has 0 saturated heterocycles. The Morgan fingerprint density at radius 3 is 2.53 bits per heavy atom. The zero-order chi connectivity index (χ0) is 10.5. The van der Waals surface area contributed by atoms with Gasteiger partial charge in [-0.1, -0.05) is 18.2 Å². The van der Waals surface area contributed by atoms with Gasteiger partial charge in [0.2, 0.25) is 5.95 Å². The van der Waals surface area contributed by atoms with E-state index in [1.165, 1.54) is 6.07 Å². The zero-order valence-corrected chi connectivity index (χ0v) is 8.02. The summed E-state index contributed by atoms with van der Waals surface area (Å²) in [6, 6.07) is 8.35. The van der Waals surface area contributed by atoms with Crippen LogP contribution in [0.1, 0.15) is 5.56 Å². The first-order valence-electron chi connectivity index (χ1n) is 4.60. The molecule has 1 N–H and O–H groups in total. The second-order valence-corrected chi connectivity index (χ2v) is 3.02. The van der Waals surface area contributed by atoms with E-state index in [0.717, 1.165) is 0 Å². The maximum Gasteiger partial charge on any atom is 0.222 e. The van der Waals surface area contributed by atoms with Gasteiger partial charge in [0.05, 0.1) is 0 Å². The Kier molecular flexibility index (Phi) is 2.88. The second kappa shape index (κ2) is 4.50. The molecule has 0 aliphatic carbocycles. The molecule has 1 aromatic carbocycles. The number of hydrogen-bond acceptors (Lipinski definition) is 3. The molecule has 0 saturated carbocycles. The Bertz CT molecular complexity index is 431. The first-order valence-corrected chi connectivity index (χ1v) is 4.60. The van der Waals surface area contributed by atoms with Crippen molar-refractivity contribution in [2.75, 3.05) is 5.32 Å². The number of nitrogens with zero attached hydrogens (tertiary/aromatic N) is 2. The molecule has 3 nitrogen and oxygen atoms in total. The van der Waals surface area contributed by atoms with Crippen molar-refractivity contribution in [3.05, 3.63) is 54.1 Å². The van der Waals surface area contributed by atoms with Crippen LogP contribution in [0.3, 0.4) is 0 Å². The molecule has 0 aliphatic heterocycles. The van der Waals surface area contributed by atoms with Gasteiger partial charge in [0.25, 0.3) is 0 Å². The van der Waals surface area contributed by atoms with E-state index in [-0.39, 0.29) is 5.82 Å². The van der Waals surface area contributed by atoms with Gasteiger partial charge in [-0.25, -0.2) is 14.4 Å². The molecule has 2 rings (SSSR count). The average Bonchev–Trinajstić information content (AvgIpc) is 2.29. The standard InChI is InChI=1S/C11H10FN3/c12-10-5-2-1-4-9(10)8-15-11-13-6-3-7-14-11/h1-7H,8H2,(H,13,14,15). The second-order valence-electron chi connectivity index (χ2n) is 3.02. The lowest BCUT2D eigenvalue weighted by atomic mass is 10.2. The summed E-state index contributed by atoms with van der Waals surface area (Å²) in [7, 11) is 0. The number of aromatic nitrogens is 2. The number of rotatable bonds is 3. The van der Waals surface area contributed by atoms with Crippen molar-refractivity contribution < 1.29 is 4.39 Å². The van der Waals surface area contributed by atoms with Gasteiger partial charge in [0, 0.05) is 24.5 Å². The van der Waals surface area contributed by atoms with Crippen LogP contribution in [0.5, 0.6) is 0 Å². The fraction of sp³-hybridized carbons (Fsp3) is 0.0909. The van der Waals surface area contributed by atoms with Gasteiger partial charge in [-0.2, -0.15) is 0 Å². The summed E-state index contributed by atoms with van der Waals surface area (Å²) in [5.41, 5.74) is 0.602. The Hall–Kier alpha value is -1.97. The van der Waals surface area contributed by atoms with Crippen molar-refractivity contribution >= 4 is 5.95 Å². The lowest BCUT2D eigenvalue weighted by Crippen LogP contribution is -2.04. The van der Waals surface area contributed by atoms with E-state index < -0.39 is 0 Å². The first-order chi connectivity index (χ1) is 7.36. The van der Waals surface area contributed by atoms with Crippen molar-refractivity contribution in [3.63, 3.8) is 0 Å². The van der Waals surface area contributed by atoms with E-state index in [9.17, 15) is 4.39 Å². The summed E-state index contributed by atoms with van der Waals surface area (Å²) in [4.78, 5) is 7.96. The number of nitrogens with one attached hydrogen (secondary N) is 1. The molecule has 0 unspecified atom stereocenters. The number of hydrogen-bond donors (Lipinski definition) is 1. The average molecular weight is 203 g/mol. The third-order valence-electron chi connectivity index (χ3n) is 1.96. The van der Waals surface area contributed by atoms with Gasteiger partial charge in [0.15, 0.2) is 0 Å². The van der Waals surface area contributed by atoms with Crippen molar-refractivity contribution in [3.8, 4) is 0 Å². The van der Waals surface area contributed by atoms with Crippen LogP contribution in [0.2, 0.25) is 0 Å². The summed E-state index contributed by atoms with van der Waals surface area (Å²) in [5, 5.41) is 2.94. The summed E-state index contributed by atoms with van der Waals surface area (Å²) in [6.45, 7) is 0.386. The quantitative estimate of drug-likeness (QED) is 0.831. The molecule has 2 aromatic rings. The van der Waals surface area contributed by atoms with Crippen molar-refractivity contribution in [1.82, 2.24) is 9.97 Å². The monoisotopic (exact) mass is 203 g/mol. The van der Waals surface area contributed by atoms with Crippen LogP contribution in [-0.2, 0) is 6.54 Å². The molecule has 1 heterocycles. The molecule has 4 heteroatoms. The summed E-state index contributed by atoms with van der Waals surface area (Å²) in [5.74, 6) is 0.279. The molecule has 0 spiro atoms. The molecule has 1 aromatic heterocycles. The summed E-state index contributed by atoms with van der Waals surface area (Å²) in [6.07, 6.45) is 3.27. The molecular formula is C11H10FN3. The van der Waals surface area contributed by atoms with Gasteiger partial charge in [-0.15, -0.1) is 0 Å². The predicted octanol–water partition coefficient (Wildman–Crippen LogP) is 2.23. The van der Waals surface area contributed by atoms with Gasteiger partial charge in [-0.05, 0) is 12.1 Å². The topological polar surface area (TPSA) is 37.8 Å². The van der Waals surface area contributed by atoms with Crippen LogP contribution in [0, 0.1) is 5.82 Å². The maximum atomic E-state index is 13.2. The molecule has 0 radical (unpaired) electrons. The molecule has 0 fully saturated rings. The minimum absolute atomic E-state index is 0.221. The molecule has 0 aliphatic rings. The van der Waals surface area contributed by atoms with Gasteiger partial charge in [0.1, 0.15) is 5.82 Å². The minimum atomic E-state index is -0.221. The zero-order valence-electron chi connectivity index (χ0n) is 8.02. The number of benzene rings is 1. The molecule has 0 atom stereocenters. The third-order valence-corrected chi connectivity index (χ3v) is 1.96. The SMILES string of the molecule is Fc1ccccc1CNc1ncccn1. The molecular weight excluding hydrogens is 193 g/mol. The highest BCUT2D eigenvalue weighted by Gasteiger charge is 2.00. The highest BCUT2D eigenvalue weighted by Crippen LogP contribution is 2.07. The van der Waals surface area contributed by atoms with Crippen molar-refractivity contribution in [2.45, 2.75) is 6.54 Å². The Balaban J connectivity index is 2.03. The van der Waals surface area contributed by atoms with Crippen LogP contribution >= 0.6 is 0 Å². The fourth-order valence-electron chi connectivity index (χ4n) is 1.21. The van der Waals surface area contributed by atoms with Gasteiger partial charge >= 0.3 is 0 Å². The van der Waals surface area contributed by atoms with E-state index in [2.05, 4.69) is 15.3 Å². The minimum Gasteiger partial charge on any atom is -0.350 e. The maximum absolute atomic E-state index is 13.2. The predicted molar refractivity (Wildman–Crippen MR) is 55.8 cm³/mol.